The van der Waals surface area contributed by atoms with Crippen molar-refractivity contribution in [2.45, 2.75) is 32.7 Å². The molecule has 0 saturated carbocycles. The number of esters is 1. The van der Waals surface area contributed by atoms with Crippen molar-refractivity contribution in [1.82, 2.24) is 5.32 Å². The first-order chi connectivity index (χ1) is 14.9. The normalized spacial score (nSPS) is 16.7. The largest absolute Gasteiger partial charge is 0.494 e. The van der Waals surface area contributed by atoms with Crippen molar-refractivity contribution in [3.8, 4) is 5.75 Å². The number of ether oxygens (including phenoxy) is 2. The molecule has 164 valence electrons. The second-order valence-corrected chi connectivity index (χ2v) is 7.58. The summed E-state index contributed by atoms with van der Waals surface area (Å²) >= 11 is 0. The zero-order chi connectivity index (χ0) is 22.4. The molecule has 31 heavy (non-hydrogen) atoms. The number of benzene rings is 2. The number of amides is 2. The highest BCUT2D eigenvalue weighted by Gasteiger charge is 2.36. The van der Waals surface area contributed by atoms with E-state index in [1.807, 2.05) is 62.4 Å². The first-order valence-corrected chi connectivity index (χ1v) is 10.4. The molecule has 1 aliphatic rings. The van der Waals surface area contributed by atoms with Gasteiger partial charge in [-0.15, -0.1) is 0 Å². The van der Waals surface area contributed by atoms with Gasteiger partial charge in [-0.25, -0.2) is 0 Å². The number of hydrogen-bond acceptors (Lipinski definition) is 5. The van der Waals surface area contributed by atoms with Crippen LogP contribution < -0.4 is 15.0 Å². The smallest absolute Gasteiger partial charge is 0.307 e. The number of hydrogen-bond donors (Lipinski definition) is 1. The highest BCUT2D eigenvalue weighted by molar-refractivity contribution is 6.00. The van der Waals surface area contributed by atoms with Crippen LogP contribution in [0.3, 0.4) is 0 Å². The van der Waals surface area contributed by atoms with Gasteiger partial charge in [-0.3, -0.25) is 14.4 Å². The molecule has 1 heterocycles. The number of nitrogens with zero attached hydrogens (tertiary/aromatic N) is 1. The number of carbonyl (C=O) groups is 3. The molecule has 0 aliphatic carbocycles. The third-order valence-electron chi connectivity index (χ3n) is 5.35. The van der Waals surface area contributed by atoms with E-state index in [0.717, 1.165) is 22.6 Å². The number of carbonyl (C=O) groups excluding carboxylic acids is 3. The molecule has 0 radical (unpaired) electrons. The Kier molecular flexibility index (Phi) is 7.28. The Labute approximate surface area is 182 Å². The van der Waals surface area contributed by atoms with E-state index < -0.39 is 17.9 Å². The van der Waals surface area contributed by atoms with E-state index in [1.165, 1.54) is 7.11 Å². The lowest BCUT2D eigenvalue weighted by Gasteiger charge is -2.21. The van der Waals surface area contributed by atoms with Gasteiger partial charge in [0.2, 0.25) is 11.8 Å². The van der Waals surface area contributed by atoms with Crippen molar-refractivity contribution in [1.29, 1.82) is 0 Å². The number of aryl methyl sites for hydroxylation is 1. The third-order valence-corrected chi connectivity index (χ3v) is 5.35. The molecule has 1 N–H and O–H groups in total. The summed E-state index contributed by atoms with van der Waals surface area (Å²) in [5, 5.41) is 2.94. The summed E-state index contributed by atoms with van der Waals surface area (Å²) < 4.78 is 10.2. The zero-order valence-electron chi connectivity index (χ0n) is 18.1. The minimum absolute atomic E-state index is 0.0224. The molecule has 0 unspecified atom stereocenters. The van der Waals surface area contributed by atoms with Crippen LogP contribution in [-0.2, 0) is 19.1 Å². The second-order valence-electron chi connectivity index (χ2n) is 7.58. The minimum Gasteiger partial charge on any atom is -0.494 e. The molecule has 3 rings (SSSR count). The predicted octanol–water partition coefficient (Wildman–Crippen LogP) is 3.17. The van der Waals surface area contributed by atoms with E-state index in [0.29, 0.717) is 6.61 Å². The molecule has 2 aromatic carbocycles. The first-order valence-electron chi connectivity index (χ1n) is 10.4. The van der Waals surface area contributed by atoms with Crippen LogP contribution in [0.15, 0.2) is 48.5 Å². The van der Waals surface area contributed by atoms with E-state index in [-0.39, 0.29) is 31.2 Å². The molecule has 0 spiro atoms. The van der Waals surface area contributed by atoms with Gasteiger partial charge in [0.1, 0.15) is 5.75 Å². The van der Waals surface area contributed by atoms with Gasteiger partial charge in [0.15, 0.2) is 0 Å². The van der Waals surface area contributed by atoms with Crippen LogP contribution in [0.2, 0.25) is 0 Å². The molecule has 2 amide bonds. The maximum absolute atomic E-state index is 13.0. The fourth-order valence-electron chi connectivity index (χ4n) is 3.61. The summed E-state index contributed by atoms with van der Waals surface area (Å²) in [7, 11) is 1.32. The second kappa shape index (κ2) is 10.1. The van der Waals surface area contributed by atoms with Crippen molar-refractivity contribution < 1.29 is 23.9 Å². The fourth-order valence-corrected chi connectivity index (χ4v) is 3.61. The average molecular weight is 424 g/mol. The average Bonchev–Trinajstić information content (AvgIpc) is 3.16. The van der Waals surface area contributed by atoms with Gasteiger partial charge < -0.3 is 19.7 Å². The Morgan fingerprint density at radius 1 is 1.13 bits per heavy atom. The summed E-state index contributed by atoms with van der Waals surface area (Å²) in [6.45, 7) is 4.73. The van der Waals surface area contributed by atoms with Gasteiger partial charge in [-0.2, -0.15) is 0 Å². The van der Waals surface area contributed by atoms with Crippen LogP contribution in [0.25, 0.3) is 0 Å². The Hall–Kier alpha value is -3.35. The van der Waals surface area contributed by atoms with Crippen molar-refractivity contribution >= 4 is 23.5 Å². The van der Waals surface area contributed by atoms with Crippen LogP contribution in [0.1, 0.15) is 36.9 Å². The fraction of sp³-hybridized carbons (Fsp3) is 0.375. The Morgan fingerprint density at radius 2 is 1.81 bits per heavy atom. The van der Waals surface area contributed by atoms with Crippen molar-refractivity contribution in [3.05, 3.63) is 59.7 Å². The Balaban J connectivity index is 1.69. The molecule has 7 nitrogen and oxygen atoms in total. The molecule has 0 aromatic heterocycles. The van der Waals surface area contributed by atoms with Crippen molar-refractivity contribution in [2.24, 2.45) is 5.92 Å². The zero-order valence-corrected chi connectivity index (χ0v) is 18.1. The Morgan fingerprint density at radius 3 is 2.42 bits per heavy atom. The van der Waals surface area contributed by atoms with E-state index in [1.54, 1.807) is 4.90 Å². The highest BCUT2D eigenvalue weighted by atomic mass is 16.5. The lowest BCUT2D eigenvalue weighted by molar-refractivity contribution is -0.141. The summed E-state index contributed by atoms with van der Waals surface area (Å²) in [5.41, 5.74) is 2.63. The number of anilines is 1. The van der Waals surface area contributed by atoms with Gasteiger partial charge in [0, 0.05) is 18.7 Å². The first kappa shape index (κ1) is 22.3. The SMILES string of the molecule is CCOc1ccc(N2C[C@@H](C(=O)N[C@@H](CC(=O)OC)c3ccc(C)cc3)CC2=O)cc1. The molecule has 1 saturated heterocycles. The monoisotopic (exact) mass is 424 g/mol. The molecular formula is C24H28N2O5. The number of rotatable bonds is 8. The van der Waals surface area contributed by atoms with Crippen LogP contribution in [0, 0.1) is 12.8 Å². The van der Waals surface area contributed by atoms with Crippen LogP contribution in [-0.4, -0.2) is 38.0 Å². The van der Waals surface area contributed by atoms with E-state index in [9.17, 15) is 14.4 Å². The summed E-state index contributed by atoms with van der Waals surface area (Å²) in [6.07, 6.45) is 0.145. The predicted molar refractivity (Wildman–Crippen MR) is 117 cm³/mol. The summed E-state index contributed by atoms with van der Waals surface area (Å²) in [4.78, 5) is 39.0. The molecule has 0 bridgehead atoms. The third kappa shape index (κ3) is 5.63. The van der Waals surface area contributed by atoms with Crippen LogP contribution in [0.5, 0.6) is 5.75 Å². The molecule has 1 aliphatic heterocycles. The van der Waals surface area contributed by atoms with Gasteiger partial charge in [0.05, 0.1) is 32.1 Å². The van der Waals surface area contributed by atoms with E-state index >= 15 is 0 Å². The van der Waals surface area contributed by atoms with Gasteiger partial charge >= 0.3 is 5.97 Å². The van der Waals surface area contributed by atoms with E-state index in [2.05, 4.69) is 5.32 Å². The lowest BCUT2D eigenvalue weighted by Crippen LogP contribution is -2.36. The van der Waals surface area contributed by atoms with Gasteiger partial charge in [0.25, 0.3) is 0 Å². The maximum atomic E-state index is 13.0. The van der Waals surface area contributed by atoms with Gasteiger partial charge in [-0.05, 0) is 43.7 Å². The van der Waals surface area contributed by atoms with Crippen LogP contribution in [0.4, 0.5) is 5.69 Å². The summed E-state index contributed by atoms with van der Waals surface area (Å²) in [6, 6.07) is 14.4. The number of nitrogens with one attached hydrogen (secondary N) is 1. The van der Waals surface area contributed by atoms with E-state index in [4.69, 9.17) is 9.47 Å². The summed E-state index contributed by atoms with van der Waals surface area (Å²) in [5.74, 6) is -0.537. The topological polar surface area (TPSA) is 84.9 Å². The highest BCUT2D eigenvalue weighted by Crippen LogP contribution is 2.28. The van der Waals surface area contributed by atoms with Crippen molar-refractivity contribution in [2.75, 3.05) is 25.2 Å². The van der Waals surface area contributed by atoms with Crippen molar-refractivity contribution in [3.63, 3.8) is 0 Å². The van der Waals surface area contributed by atoms with Gasteiger partial charge in [-0.1, -0.05) is 29.8 Å². The molecule has 7 heteroatoms. The number of methoxy groups -OCH3 is 1. The standard InChI is InChI=1S/C24H28N2O5/c1-4-31-20-11-9-19(10-12-20)26-15-18(13-22(26)27)24(29)25-21(14-23(28)30-3)17-7-5-16(2)6-8-17/h5-12,18,21H,4,13-15H2,1-3H3,(H,25,29)/t18-,21-/m0/s1. The minimum atomic E-state index is -0.518. The molecule has 1 fully saturated rings. The van der Waals surface area contributed by atoms with Crippen LogP contribution >= 0.6 is 0 Å². The Bertz CT molecular complexity index is 924. The quantitative estimate of drug-likeness (QED) is 0.658. The molecule has 2 aromatic rings. The molecule has 2 atom stereocenters. The lowest BCUT2D eigenvalue weighted by atomic mass is 10.0. The maximum Gasteiger partial charge on any atom is 0.307 e. The molecular weight excluding hydrogens is 396 g/mol.